The summed E-state index contributed by atoms with van der Waals surface area (Å²) in [6.45, 7) is 4.50. The Morgan fingerprint density at radius 2 is 2.05 bits per heavy atom. The van der Waals surface area contributed by atoms with Crippen LogP contribution in [0, 0.1) is 6.92 Å². The highest BCUT2D eigenvalue weighted by Gasteiger charge is 2.13. The van der Waals surface area contributed by atoms with Gasteiger partial charge in [-0.15, -0.1) is 0 Å². The second-order valence-corrected chi connectivity index (χ2v) is 4.18. The zero-order chi connectivity index (χ0) is 14.8. The molecule has 0 aliphatic rings. The molecule has 1 amide bonds. The Hall–Kier alpha value is -1.41. The summed E-state index contributed by atoms with van der Waals surface area (Å²) >= 11 is 0. The first-order chi connectivity index (χ1) is 9.69. The summed E-state index contributed by atoms with van der Waals surface area (Å²) < 4.78 is 21.0. The number of rotatable bonds is 10. The molecule has 0 unspecified atom stereocenters. The molecule has 0 radical (unpaired) electrons. The zero-order valence-electron chi connectivity index (χ0n) is 11.9. The molecule has 20 heavy (non-hydrogen) atoms. The number of amides is 1. The van der Waals surface area contributed by atoms with Crippen LogP contribution in [0.25, 0.3) is 0 Å². The molecule has 1 aromatic rings. The first-order valence-electron chi connectivity index (χ1n) is 6.43. The summed E-state index contributed by atoms with van der Waals surface area (Å²) in [5, 5.41) is 0. The minimum atomic E-state index is -0.458. The van der Waals surface area contributed by atoms with E-state index in [1.807, 2.05) is 5.43 Å². The molecule has 1 heterocycles. The molecule has 0 spiro atoms. The van der Waals surface area contributed by atoms with Crippen molar-refractivity contribution in [3.05, 3.63) is 23.2 Å². The minimum absolute atomic E-state index is 0.180. The van der Waals surface area contributed by atoms with Gasteiger partial charge in [0.1, 0.15) is 5.76 Å². The monoisotopic (exact) mass is 286 g/mol. The van der Waals surface area contributed by atoms with Gasteiger partial charge >= 0.3 is 5.91 Å². The van der Waals surface area contributed by atoms with E-state index in [1.54, 1.807) is 20.1 Å². The molecule has 0 bridgehead atoms. The fourth-order valence-electron chi connectivity index (χ4n) is 1.55. The molecular weight excluding hydrogens is 264 g/mol. The van der Waals surface area contributed by atoms with Crippen LogP contribution in [-0.2, 0) is 20.8 Å². The molecule has 0 aliphatic carbocycles. The Balaban J connectivity index is 2.19. The second-order valence-electron chi connectivity index (χ2n) is 4.18. The third-order valence-electron chi connectivity index (χ3n) is 2.64. The normalized spacial score (nSPS) is 10.8. The van der Waals surface area contributed by atoms with Gasteiger partial charge in [-0.1, -0.05) is 0 Å². The lowest BCUT2D eigenvalue weighted by molar-refractivity contribution is 0.0334. The molecule has 0 saturated carbocycles. The molecule has 1 aromatic heterocycles. The van der Waals surface area contributed by atoms with Crippen LogP contribution in [-0.4, -0.2) is 39.4 Å². The van der Waals surface area contributed by atoms with Crippen molar-refractivity contribution in [2.24, 2.45) is 5.84 Å². The minimum Gasteiger partial charge on any atom is -0.456 e. The number of ether oxygens (including phenoxy) is 3. The van der Waals surface area contributed by atoms with Gasteiger partial charge in [-0.25, -0.2) is 5.84 Å². The number of carbonyl (C=O) groups is 1. The largest absolute Gasteiger partial charge is 0.456 e. The van der Waals surface area contributed by atoms with Gasteiger partial charge in [0, 0.05) is 25.9 Å². The predicted octanol–water partition coefficient (Wildman–Crippen LogP) is 0.761. The van der Waals surface area contributed by atoms with E-state index in [-0.39, 0.29) is 5.76 Å². The van der Waals surface area contributed by atoms with Crippen molar-refractivity contribution in [1.29, 1.82) is 0 Å². The van der Waals surface area contributed by atoms with Crippen LogP contribution in [0.1, 0.15) is 28.3 Å². The van der Waals surface area contributed by atoms with E-state index >= 15 is 0 Å². The predicted molar refractivity (Wildman–Crippen MR) is 72.1 cm³/mol. The van der Waals surface area contributed by atoms with E-state index in [1.165, 1.54) is 0 Å². The first-order valence-corrected chi connectivity index (χ1v) is 6.43. The second kappa shape index (κ2) is 9.49. The number of methoxy groups -OCH3 is 1. The van der Waals surface area contributed by atoms with E-state index in [0.29, 0.717) is 38.8 Å². The van der Waals surface area contributed by atoms with E-state index in [4.69, 9.17) is 24.5 Å². The lowest BCUT2D eigenvalue weighted by Gasteiger charge is -2.05. The lowest BCUT2D eigenvalue weighted by atomic mass is 10.2. The summed E-state index contributed by atoms with van der Waals surface area (Å²) in [4.78, 5) is 11.3. The number of hydrazine groups is 1. The van der Waals surface area contributed by atoms with Gasteiger partial charge in [0.25, 0.3) is 0 Å². The third kappa shape index (κ3) is 5.70. The van der Waals surface area contributed by atoms with Crippen LogP contribution >= 0.6 is 0 Å². The smallest absolute Gasteiger partial charge is 0.300 e. The number of nitrogens with one attached hydrogen (secondary N) is 1. The number of carbonyl (C=O) groups excluding carboxylic acids is 1. The van der Waals surface area contributed by atoms with Crippen molar-refractivity contribution in [2.45, 2.75) is 20.0 Å². The van der Waals surface area contributed by atoms with E-state index < -0.39 is 5.91 Å². The van der Waals surface area contributed by atoms with E-state index in [2.05, 4.69) is 0 Å². The molecule has 0 aliphatic heterocycles. The molecule has 3 N–H and O–H groups in total. The number of nitrogens with two attached hydrogens (primary N) is 1. The van der Waals surface area contributed by atoms with Crippen LogP contribution in [0.15, 0.2) is 10.5 Å². The standard InChI is InChI=1S/C13H22N2O5/c1-10-11(8-12(20-10)13(16)15-14)9-19-7-6-18-5-3-4-17-2/h8H,3-7,9,14H2,1-2H3,(H,15,16). The Morgan fingerprint density at radius 1 is 1.30 bits per heavy atom. The fraction of sp³-hybridized carbons (Fsp3) is 0.615. The first kappa shape index (κ1) is 16.6. The lowest BCUT2D eigenvalue weighted by Crippen LogP contribution is -2.29. The molecule has 1 rings (SSSR count). The van der Waals surface area contributed by atoms with E-state index in [0.717, 1.165) is 12.0 Å². The Labute approximate surface area is 118 Å². The van der Waals surface area contributed by atoms with Crippen molar-refractivity contribution < 1.29 is 23.4 Å². The molecular formula is C13H22N2O5. The quantitative estimate of drug-likeness (QED) is 0.285. The topological polar surface area (TPSA) is 96.0 Å². The third-order valence-corrected chi connectivity index (χ3v) is 2.64. The van der Waals surface area contributed by atoms with Crippen LogP contribution in [0.3, 0.4) is 0 Å². The Morgan fingerprint density at radius 3 is 2.75 bits per heavy atom. The average molecular weight is 286 g/mol. The maximum Gasteiger partial charge on any atom is 0.300 e. The fourth-order valence-corrected chi connectivity index (χ4v) is 1.55. The van der Waals surface area contributed by atoms with Gasteiger partial charge in [-0.3, -0.25) is 10.2 Å². The number of nitrogen functional groups attached to an aromatic ring is 1. The number of hydrogen-bond donors (Lipinski definition) is 2. The summed E-state index contributed by atoms with van der Waals surface area (Å²) in [6.07, 6.45) is 0.870. The maximum absolute atomic E-state index is 11.3. The van der Waals surface area contributed by atoms with Crippen molar-refractivity contribution in [3.8, 4) is 0 Å². The van der Waals surface area contributed by atoms with Crippen LogP contribution in [0.5, 0.6) is 0 Å². The van der Waals surface area contributed by atoms with Gasteiger partial charge in [0.2, 0.25) is 0 Å². The molecule has 7 nitrogen and oxygen atoms in total. The summed E-state index contributed by atoms with van der Waals surface area (Å²) in [5.74, 6) is 5.40. The molecule has 0 atom stereocenters. The average Bonchev–Trinajstić information content (AvgIpc) is 2.82. The van der Waals surface area contributed by atoms with Crippen LogP contribution < -0.4 is 11.3 Å². The molecule has 7 heteroatoms. The van der Waals surface area contributed by atoms with Gasteiger partial charge in [-0.05, 0) is 19.4 Å². The van der Waals surface area contributed by atoms with Crippen molar-refractivity contribution in [2.75, 3.05) is 33.5 Å². The molecule has 0 saturated heterocycles. The number of furan rings is 1. The molecule has 0 fully saturated rings. The summed E-state index contributed by atoms with van der Waals surface area (Å²) in [7, 11) is 1.66. The van der Waals surface area contributed by atoms with Crippen LogP contribution in [0.2, 0.25) is 0 Å². The SMILES string of the molecule is COCCCOCCOCc1cc(C(=O)NN)oc1C. The number of hydrogen-bond acceptors (Lipinski definition) is 6. The Kier molecular flexibility index (Phi) is 7.89. The highest BCUT2D eigenvalue weighted by molar-refractivity contribution is 5.91. The summed E-state index contributed by atoms with van der Waals surface area (Å²) in [6, 6.07) is 1.62. The van der Waals surface area contributed by atoms with Crippen molar-refractivity contribution >= 4 is 5.91 Å². The van der Waals surface area contributed by atoms with Gasteiger partial charge in [-0.2, -0.15) is 0 Å². The van der Waals surface area contributed by atoms with Gasteiger partial charge < -0.3 is 18.6 Å². The highest BCUT2D eigenvalue weighted by Crippen LogP contribution is 2.15. The summed E-state index contributed by atoms with van der Waals surface area (Å²) in [5.41, 5.74) is 2.84. The zero-order valence-corrected chi connectivity index (χ0v) is 11.9. The van der Waals surface area contributed by atoms with Crippen molar-refractivity contribution in [3.63, 3.8) is 0 Å². The Bertz CT molecular complexity index is 405. The maximum atomic E-state index is 11.3. The van der Waals surface area contributed by atoms with Crippen molar-refractivity contribution in [1.82, 2.24) is 5.43 Å². The van der Waals surface area contributed by atoms with Crippen LogP contribution in [0.4, 0.5) is 0 Å². The molecule has 114 valence electrons. The highest BCUT2D eigenvalue weighted by atomic mass is 16.5. The van der Waals surface area contributed by atoms with Gasteiger partial charge in [0.05, 0.1) is 19.8 Å². The molecule has 0 aromatic carbocycles. The van der Waals surface area contributed by atoms with Gasteiger partial charge in [0.15, 0.2) is 5.76 Å². The number of aryl methyl sites for hydroxylation is 1. The van der Waals surface area contributed by atoms with E-state index in [9.17, 15) is 4.79 Å².